The van der Waals surface area contributed by atoms with E-state index in [0.29, 0.717) is 12.5 Å². The average Bonchev–Trinajstić information content (AvgIpc) is 2.69. The van der Waals surface area contributed by atoms with E-state index in [1.54, 1.807) is 0 Å². The van der Waals surface area contributed by atoms with E-state index in [1.165, 1.54) is 7.05 Å². The van der Waals surface area contributed by atoms with Gasteiger partial charge in [0.1, 0.15) is 5.75 Å². The Labute approximate surface area is 173 Å². The van der Waals surface area contributed by atoms with Crippen LogP contribution >= 0.6 is 0 Å². The molecular weight excluding hydrogens is 397 g/mol. The van der Waals surface area contributed by atoms with Gasteiger partial charge in [-0.25, -0.2) is 13.2 Å². The second kappa shape index (κ2) is 10.5. The first-order chi connectivity index (χ1) is 14.2. The summed E-state index contributed by atoms with van der Waals surface area (Å²) in [5.41, 5.74) is 1.53. The molecule has 0 spiro atoms. The first-order valence-electron chi connectivity index (χ1n) is 9.35. The number of halogens is 3. The van der Waals surface area contributed by atoms with Crippen LogP contribution in [-0.2, 0) is 11.3 Å². The summed E-state index contributed by atoms with van der Waals surface area (Å²) in [4.78, 5) is 16.0. The van der Waals surface area contributed by atoms with E-state index in [-0.39, 0.29) is 12.6 Å². The average molecular weight is 422 g/mol. The van der Waals surface area contributed by atoms with Crippen molar-refractivity contribution in [3.05, 3.63) is 58.9 Å². The monoisotopic (exact) mass is 422 g/mol. The molecule has 0 saturated heterocycles. The van der Waals surface area contributed by atoms with E-state index < -0.39 is 29.0 Å². The molecule has 0 heterocycles. The van der Waals surface area contributed by atoms with Crippen molar-refractivity contribution in [3.63, 3.8) is 0 Å². The minimum absolute atomic E-state index is 0.0170. The molecule has 6 nitrogen and oxygen atoms in total. The molecule has 0 bridgehead atoms. The molecule has 30 heavy (non-hydrogen) atoms. The summed E-state index contributed by atoms with van der Waals surface area (Å²) in [6.07, 6.45) is 0.0170. The molecule has 0 aliphatic rings. The molecule has 0 unspecified atom stereocenters. The molecule has 2 rings (SSSR count). The van der Waals surface area contributed by atoms with Gasteiger partial charge in [-0.3, -0.25) is 9.79 Å². The highest BCUT2D eigenvalue weighted by Gasteiger charge is 2.15. The number of amides is 1. The van der Waals surface area contributed by atoms with Gasteiger partial charge in [-0.05, 0) is 44.5 Å². The van der Waals surface area contributed by atoms with Crippen LogP contribution in [0.15, 0.2) is 35.3 Å². The van der Waals surface area contributed by atoms with Crippen molar-refractivity contribution in [1.82, 2.24) is 10.6 Å². The van der Waals surface area contributed by atoms with Crippen LogP contribution in [0.3, 0.4) is 0 Å². The van der Waals surface area contributed by atoms with Crippen LogP contribution in [0.2, 0.25) is 0 Å². The molecule has 3 N–H and O–H groups in total. The van der Waals surface area contributed by atoms with Crippen molar-refractivity contribution in [2.75, 3.05) is 18.9 Å². The Kier molecular flexibility index (Phi) is 8.08. The van der Waals surface area contributed by atoms with E-state index in [0.717, 1.165) is 29.0 Å². The van der Waals surface area contributed by atoms with Crippen LogP contribution in [0.4, 0.5) is 18.9 Å². The molecule has 0 saturated carbocycles. The van der Waals surface area contributed by atoms with Gasteiger partial charge in [-0.15, -0.1) is 0 Å². The number of carbonyl (C=O) groups is 1. The Bertz CT molecular complexity index is 933. The minimum Gasteiger partial charge on any atom is -0.491 e. The van der Waals surface area contributed by atoms with E-state index in [9.17, 15) is 18.0 Å². The summed E-state index contributed by atoms with van der Waals surface area (Å²) < 4.78 is 45.7. The lowest BCUT2D eigenvalue weighted by atomic mass is 10.1. The second-order valence-electron chi connectivity index (χ2n) is 6.83. The van der Waals surface area contributed by atoms with Crippen LogP contribution in [0.1, 0.15) is 25.0 Å². The number of hydrogen-bond donors (Lipinski definition) is 3. The normalized spacial score (nSPS) is 11.4. The maximum Gasteiger partial charge on any atom is 0.243 e. The van der Waals surface area contributed by atoms with Gasteiger partial charge in [0.25, 0.3) is 0 Å². The molecule has 1 amide bonds. The highest BCUT2D eigenvalue weighted by Crippen LogP contribution is 2.22. The van der Waals surface area contributed by atoms with E-state index in [4.69, 9.17) is 4.74 Å². The standard InChI is InChI=1S/C21H25F3N4O2/c1-12(2)30-17-9-13(3)5-6-14(17)10-26-21(25-4)27-11-18(29)28-16-8-7-15(22)19(23)20(16)24/h5-9,12H,10-11H2,1-4H3,(H,28,29)(H2,25,26,27). The molecule has 0 radical (unpaired) electrons. The SMILES string of the molecule is CN=C(NCC(=O)Nc1ccc(F)c(F)c1F)NCc1ccc(C)cc1OC(C)C. The van der Waals surface area contributed by atoms with Crippen molar-refractivity contribution in [1.29, 1.82) is 0 Å². The predicted octanol–water partition coefficient (Wildman–Crippen LogP) is 3.50. The van der Waals surface area contributed by atoms with E-state index in [1.807, 2.05) is 39.0 Å². The smallest absolute Gasteiger partial charge is 0.243 e. The number of guanidine groups is 1. The van der Waals surface area contributed by atoms with Gasteiger partial charge in [0.05, 0.1) is 18.3 Å². The molecule has 0 aliphatic carbocycles. The highest BCUT2D eigenvalue weighted by molar-refractivity contribution is 5.95. The van der Waals surface area contributed by atoms with Crippen LogP contribution in [0.5, 0.6) is 5.75 Å². The largest absolute Gasteiger partial charge is 0.491 e. The van der Waals surface area contributed by atoms with Crippen molar-refractivity contribution in [2.24, 2.45) is 4.99 Å². The zero-order valence-corrected chi connectivity index (χ0v) is 17.3. The first kappa shape index (κ1) is 23.1. The topological polar surface area (TPSA) is 74.8 Å². The second-order valence-corrected chi connectivity index (χ2v) is 6.83. The lowest BCUT2D eigenvalue weighted by Crippen LogP contribution is -2.41. The molecule has 162 valence electrons. The fourth-order valence-corrected chi connectivity index (χ4v) is 2.55. The number of aliphatic imine (C=N–C) groups is 1. The van der Waals surface area contributed by atoms with E-state index >= 15 is 0 Å². The highest BCUT2D eigenvalue weighted by atomic mass is 19.2. The molecular formula is C21H25F3N4O2. The zero-order chi connectivity index (χ0) is 22.3. The minimum atomic E-state index is -1.64. The van der Waals surface area contributed by atoms with Gasteiger partial charge in [-0.2, -0.15) is 0 Å². The number of rotatable bonds is 7. The number of nitrogens with zero attached hydrogens (tertiary/aromatic N) is 1. The van der Waals surface area contributed by atoms with Crippen molar-refractivity contribution < 1.29 is 22.7 Å². The van der Waals surface area contributed by atoms with E-state index in [2.05, 4.69) is 20.9 Å². The Hall–Kier alpha value is -3.23. The zero-order valence-electron chi connectivity index (χ0n) is 17.3. The van der Waals surface area contributed by atoms with Gasteiger partial charge >= 0.3 is 0 Å². The van der Waals surface area contributed by atoms with Crippen molar-refractivity contribution >= 4 is 17.6 Å². The van der Waals surface area contributed by atoms with Crippen LogP contribution < -0.4 is 20.7 Å². The maximum absolute atomic E-state index is 13.7. The Morgan fingerprint density at radius 3 is 2.50 bits per heavy atom. The summed E-state index contributed by atoms with van der Waals surface area (Å²) in [6, 6.07) is 7.53. The fourth-order valence-electron chi connectivity index (χ4n) is 2.55. The van der Waals surface area contributed by atoms with Gasteiger partial charge in [0.15, 0.2) is 23.4 Å². The Morgan fingerprint density at radius 2 is 1.83 bits per heavy atom. The molecule has 0 aromatic heterocycles. The molecule has 9 heteroatoms. The summed E-state index contributed by atoms with van der Waals surface area (Å²) in [7, 11) is 1.53. The molecule has 0 fully saturated rings. The fraction of sp³-hybridized carbons (Fsp3) is 0.333. The van der Waals surface area contributed by atoms with Crippen LogP contribution in [-0.4, -0.2) is 31.6 Å². The van der Waals surface area contributed by atoms with Gasteiger partial charge in [0.2, 0.25) is 5.91 Å². The number of hydrogen-bond acceptors (Lipinski definition) is 3. The maximum atomic E-state index is 13.7. The number of ether oxygens (including phenoxy) is 1. The van der Waals surface area contributed by atoms with Crippen LogP contribution in [0.25, 0.3) is 0 Å². The first-order valence-corrected chi connectivity index (χ1v) is 9.35. The molecule has 0 atom stereocenters. The van der Waals surface area contributed by atoms with Crippen LogP contribution in [0, 0.1) is 24.4 Å². The third-order valence-corrected chi connectivity index (χ3v) is 3.98. The number of anilines is 1. The summed E-state index contributed by atoms with van der Waals surface area (Å²) in [6.45, 7) is 5.98. The third-order valence-electron chi connectivity index (χ3n) is 3.98. The van der Waals surface area contributed by atoms with Gasteiger partial charge in [0, 0.05) is 19.2 Å². The van der Waals surface area contributed by atoms with Crippen molar-refractivity contribution in [2.45, 2.75) is 33.4 Å². The van der Waals surface area contributed by atoms with Gasteiger partial charge in [-0.1, -0.05) is 12.1 Å². The lowest BCUT2D eigenvalue weighted by molar-refractivity contribution is -0.115. The summed E-state index contributed by atoms with van der Waals surface area (Å²) in [5, 5.41) is 8.02. The summed E-state index contributed by atoms with van der Waals surface area (Å²) >= 11 is 0. The van der Waals surface area contributed by atoms with Crippen molar-refractivity contribution in [3.8, 4) is 5.75 Å². The predicted molar refractivity (Wildman–Crippen MR) is 110 cm³/mol. The molecule has 2 aromatic rings. The number of carbonyl (C=O) groups excluding carboxylic acids is 1. The Balaban J connectivity index is 1.93. The Morgan fingerprint density at radius 1 is 1.10 bits per heavy atom. The number of aryl methyl sites for hydroxylation is 1. The van der Waals surface area contributed by atoms with Gasteiger partial charge < -0.3 is 20.7 Å². The number of nitrogens with one attached hydrogen (secondary N) is 3. The molecule has 0 aliphatic heterocycles. The summed E-state index contributed by atoms with van der Waals surface area (Å²) in [5.74, 6) is -4.00. The molecule has 2 aromatic carbocycles. The third kappa shape index (κ3) is 6.40. The number of benzene rings is 2. The lowest BCUT2D eigenvalue weighted by Gasteiger charge is -2.17. The quantitative estimate of drug-likeness (QED) is 0.363.